The quantitative estimate of drug-likeness (QED) is 0.0379. The van der Waals surface area contributed by atoms with Crippen molar-refractivity contribution in [1.82, 2.24) is 0 Å². The lowest BCUT2D eigenvalue weighted by atomic mass is 9.99. The van der Waals surface area contributed by atoms with Crippen molar-refractivity contribution < 1.29 is 18.9 Å². The fourth-order valence-corrected chi connectivity index (χ4v) is 9.24. The molecule has 0 fully saturated rings. The van der Waals surface area contributed by atoms with Crippen LogP contribution < -0.4 is 18.9 Å². The van der Waals surface area contributed by atoms with E-state index in [2.05, 4.69) is 128 Å². The number of hydrogen-bond donors (Lipinski definition) is 0. The van der Waals surface area contributed by atoms with E-state index in [-0.39, 0.29) is 0 Å². The highest BCUT2D eigenvalue weighted by Crippen LogP contribution is 2.28. The van der Waals surface area contributed by atoms with Crippen molar-refractivity contribution in [2.75, 3.05) is 28.4 Å². The molecule has 0 saturated carbocycles. The minimum absolute atomic E-state index is 0.522. The molecule has 0 bridgehead atoms. The normalized spacial score (nSPS) is 11.9. The number of allylic oxidation sites excluding steroid dienone is 12. The monoisotopic (exact) mass is 1190 g/mol. The van der Waals surface area contributed by atoms with Gasteiger partial charge in [0.1, 0.15) is 23.0 Å². The molecule has 8 heteroatoms. The minimum atomic E-state index is 0.522. The number of ether oxygens (including phenoxy) is 4. The van der Waals surface area contributed by atoms with Crippen LogP contribution in [-0.2, 0) is 0 Å². The van der Waals surface area contributed by atoms with Crippen LogP contribution in [0.2, 0.25) is 0 Å². The average molecular weight is 1190 g/mol. The maximum absolute atomic E-state index is 5.53. The largest absolute Gasteiger partial charge is 0.497 e. The topological polar surface area (TPSA) is 86.4 Å². The van der Waals surface area contributed by atoms with Crippen molar-refractivity contribution in [2.24, 2.45) is 20.0 Å². The van der Waals surface area contributed by atoms with E-state index in [1.165, 1.54) is 5.57 Å². The molecule has 8 nitrogen and oxygen atoms in total. The molecule has 0 aromatic heterocycles. The third-order valence-corrected chi connectivity index (χ3v) is 14.5. The molecule has 0 saturated heterocycles. The Morgan fingerprint density at radius 1 is 0.330 bits per heavy atom. The van der Waals surface area contributed by atoms with Crippen molar-refractivity contribution in [2.45, 2.75) is 46.5 Å². The highest BCUT2D eigenvalue weighted by Gasteiger charge is 2.10. The molecular formula is C83H76N4O4. The van der Waals surface area contributed by atoms with Crippen LogP contribution in [0.15, 0.2) is 334 Å². The first-order valence-corrected chi connectivity index (χ1v) is 30.4. The summed E-state index contributed by atoms with van der Waals surface area (Å²) in [6.07, 6.45) is 25.2. The number of rotatable bonds is 27. The Morgan fingerprint density at radius 2 is 0.571 bits per heavy atom. The van der Waals surface area contributed by atoms with Crippen LogP contribution in [0.25, 0.3) is 22.3 Å². The summed E-state index contributed by atoms with van der Waals surface area (Å²) in [5, 5.41) is 0. The third-order valence-electron chi connectivity index (χ3n) is 14.5. The summed E-state index contributed by atoms with van der Waals surface area (Å²) in [6, 6.07) is 72.6. The highest BCUT2D eigenvalue weighted by atomic mass is 16.5. The molecule has 452 valence electrons. The molecule has 0 radical (unpaired) electrons. The number of methoxy groups -OCH3 is 4. The molecule has 0 N–H and O–H groups in total. The standard InChI is InChI=1S/C83H76N4O4/c1-8-63(3)58-75(87-62-83(67-34-20-13-21-35-67)71-48-56-79(91-7)57-49-71)41-27-26-40-74(86-61-82(66-32-18-12-19-33-66)70-46-54-78(90-6)55-47-70)39-25-24-38-73(85-60-81(65-30-16-11-17-31-65)69-44-52-77(89-5)53-45-69)37-23-22-36-72(9-2)84-59-80(64-28-14-10-15-29-64)68-42-50-76(88-4)51-43-68/h9-22,24,26,28-58H,8,23,25,27H2,1-7H3/b36-22-,38-24-,40-26-,63-58-,72-9+,73-37+,74-39+,75-41+. The maximum Gasteiger partial charge on any atom is 0.118 e. The molecule has 0 spiro atoms. The Hall–Kier alpha value is -11.3. The molecule has 0 aliphatic carbocycles. The smallest absolute Gasteiger partial charge is 0.118 e. The summed E-state index contributed by atoms with van der Waals surface area (Å²) < 4.78 is 22.0. The fourth-order valence-electron chi connectivity index (χ4n) is 9.24. The molecule has 8 aromatic rings. The first kappa shape index (κ1) is 65.7. The Bertz CT molecular complexity index is 4200. The van der Waals surface area contributed by atoms with Gasteiger partial charge in [-0.3, -0.25) is 0 Å². The van der Waals surface area contributed by atoms with E-state index in [9.17, 15) is 0 Å². The highest BCUT2D eigenvalue weighted by molar-refractivity contribution is 6.01. The van der Waals surface area contributed by atoms with E-state index in [1.807, 2.05) is 201 Å². The van der Waals surface area contributed by atoms with Gasteiger partial charge in [-0.05, 0) is 229 Å². The first-order valence-electron chi connectivity index (χ1n) is 30.4. The molecule has 0 atom stereocenters. The van der Waals surface area contributed by atoms with Gasteiger partial charge in [-0.1, -0.05) is 176 Å². The zero-order valence-electron chi connectivity index (χ0n) is 52.9. The Kier molecular flexibility index (Phi) is 26.0. The summed E-state index contributed by atoms with van der Waals surface area (Å²) in [5.41, 5.74) is 15.5. The predicted octanol–water partition coefficient (Wildman–Crippen LogP) is 20.0. The summed E-state index contributed by atoms with van der Waals surface area (Å²) in [6.45, 7) is 6.24. The van der Waals surface area contributed by atoms with E-state index in [4.69, 9.17) is 38.9 Å². The van der Waals surface area contributed by atoms with Crippen LogP contribution in [0.1, 0.15) is 91.0 Å². The number of nitrogens with zero attached hydrogens (tertiary/aromatic N) is 4. The number of benzene rings is 8. The average Bonchev–Trinajstić information content (AvgIpc) is 2.27. The summed E-state index contributed by atoms with van der Waals surface area (Å²) in [4.78, 5) is 20.0. The van der Waals surface area contributed by atoms with Crippen LogP contribution in [0.5, 0.6) is 23.0 Å². The van der Waals surface area contributed by atoms with Crippen LogP contribution in [0, 0.1) is 0 Å². The van der Waals surface area contributed by atoms with Gasteiger partial charge in [0, 0.05) is 0 Å². The molecule has 0 heterocycles. The van der Waals surface area contributed by atoms with Crippen LogP contribution in [0.4, 0.5) is 0 Å². The van der Waals surface area contributed by atoms with Crippen molar-refractivity contribution in [3.63, 3.8) is 0 Å². The zero-order valence-corrected chi connectivity index (χ0v) is 52.9. The molecule has 8 rings (SSSR count). The Morgan fingerprint density at radius 3 is 0.835 bits per heavy atom. The third kappa shape index (κ3) is 20.6. The van der Waals surface area contributed by atoms with Gasteiger partial charge >= 0.3 is 0 Å². The molecule has 0 aliphatic heterocycles. The second kappa shape index (κ2) is 36.1. The van der Waals surface area contributed by atoms with Gasteiger partial charge in [-0.25, -0.2) is 20.0 Å². The van der Waals surface area contributed by atoms with Crippen LogP contribution in [-0.4, -0.2) is 51.9 Å². The molecule has 0 unspecified atom stereocenters. The van der Waals surface area contributed by atoms with E-state index >= 15 is 0 Å². The fraction of sp³-hybridized carbons (Fsp3) is 0.133. The molecule has 0 aliphatic rings. The van der Waals surface area contributed by atoms with E-state index < -0.39 is 0 Å². The summed E-state index contributed by atoms with van der Waals surface area (Å²) in [7, 11) is 6.67. The summed E-state index contributed by atoms with van der Waals surface area (Å²) in [5.74, 6) is 16.8. The lowest BCUT2D eigenvalue weighted by Crippen LogP contribution is -1.90. The lowest BCUT2D eigenvalue weighted by Gasteiger charge is -2.07. The van der Waals surface area contributed by atoms with Crippen molar-refractivity contribution in [1.29, 1.82) is 0 Å². The number of aliphatic imine (C=N–C) groups is 4. The van der Waals surface area contributed by atoms with Gasteiger partial charge in [-0.2, -0.15) is 0 Å². The van der Waals surface area contributed by atoms with Gasteiger partial charge in [0.2, 0.25) is 0 Å². The van der Waals surface area contributed by atoms with Gasteiger partial charge in [-0.15, -0.1) is 0 Å². The maximum atomic E-state index is 5.53. The van der Waals surface area contributed by atoms with Crippen molar-refractivity contribution in [3.8, 4) is 23.0 Å². The second-order valence-electron chi connectivity index (χ2n) is 20.6. The van der Waals surface area contributed by atoms with E-state index in [1.54, 1.807) is 28.4 Å². The second-order valence-corrected chi connectivity index (χ2v) is 20.6. The molecule has 91 heavy (non-hydrogen) atoms. The van der Waals surface area contributed by atoms with Gasteiger partial charge in [0.15, 0.2) is 0 Å². The van der Waals surface area contributed by atoms with Crippen LogP contribution >= 0.6 is 0 Å². The zero-order chi connectivity index (χ0) is 63.7. The Labute approximate surface area is 537 Å². The number of hydrogen-bond acceptors (Lipinski definition) is 8. The van der Waals surface area contributed by atoms with Crippen LogP contribution in [0.3, 0.4) is 0 Å². The summed E-state index contributed by atoms with van der Waals surface area (Å²) >= 11 is 0. The SMILES string of the molecule is C/C=C(\C=C/C/C=C(\C=C/C/C=C(\C=C/C/C=C(\C=C(\C)CC)N=C=C(c1ccccc1)c1ccc(OC)cc1)N=C=C(c1ccccc1)c1ccc(OC)cc1)N=C=C(c1ccccc1)c1ccc(OC)cc1)N=C=C(c1ccccc1)c1ccc(OC)cc1. The van der Waals surface area contributed by atoms with Crippen molar-refractivity contribution in [3.05, 3.63) is 358 Å². The van der Waals surface area contributed by atoms with E-state index in [0.717, 1.165) is 113 Å². The minimum Gasteiger partial charge on any atom is -0.497 e. The molecule has 8 aromatic carbocycles. The van der Waals surface area contributed by atoms with Gasteiger partial charge in [0.05, 0.1) is 73.5 Å². The van der Waals surface area contributed by atoms with Gasteiger partial charge < -0.3 is 18.9 Å². The van der Waals surface area contributed by atoms with Crippen molar-refractivity contribution >= 4 is 45.8 Å². The van der Waals surface area contributed by atoms with Gasteiger partial charge in [0.25, 0.3) is 0 Å². The molecule has 0 amide bonds. The molecular weight excluding hydrogens is 1120 g/mol. The predicted molar refractivity (Wildman–Crippen MR) is 381 cm³/mol. The van der Waals surface area contributed by atoms with E-state index in [0.29, 0.717) is 25.0 Å². The Balaban J connectivity index is 1.18. The first-order chi connectivity index (χ1) is 44.8. The lowest BCUT2D eigenvalue weighted by molar-refractivity contribution is 0.414.